The molecule has 1 saturated heterocycles. The van der Waals surface area contributed by atoms with E-state index in [4.69, 9.17) is 5.11 Å². The number of carbonyl (C=O) groups is 2. The van der Waals surface area contributed by atoms with E-state index in [1.807, 2.05) is 0 Å². The highest BCUT2D eigenvalue weighted by Gasteiger charge is 2.25. The predicted molar refractivity (Wildman–Crippen MR) is 80.3 cm³/mol. The summed E-state index contributed by atoms with van der Waals surface area (Å²) in [5, 5.41) is 8.73. The molecule has 1 aromatic rings. The van der Waals surface area contributed by atoms with Crippen molar-refractivity contribution in [2.45, 2.75) is 25.7 Å². The van der Waals surface area contributed by atoms with Gasteiger partial charge in [-0.2, -0.15) is 0 Å². The van der Waals surface area contributed by atoms with Crippen molar-refractivity contribution >= 4 is 27.8 Å². The van der Waals surface area contributed by atoms with Gasteiger partial charge in [0.15, 0.2) is 0 Å². The first-order chi connectivity index (χ1) is 9.97. The second kappa shape index (κ2) is 6.89. The Kier molecular flexibility index (Phi) is 5.17. The van der Waals surface area contributed by atoms with Crippen LogP contribution in [0.2, 0.25) is 0 Å². The third kappa shape index (κ3) is 4.17. The Hall–Kier alpha value is -1.63. The van der Waals surface area contributed by atoms with E-state index in [0.717, 1.165) is 12.8 Å². The third-order valence-corrected chi connectivity index (χ3v) is 4.27. The number of amides is 1. The van der Waals surface area contributed by atoms with E-state index in [1.165, 1.54) is 12.3 Å². The molecule has 0 aromatic carbocycles. The zero-order valence-corrected chi connectivity index (χ0v) is 13.1. The van der Waals surface area contributed by atoms with Gasteiger partial charge in [-0.25, -0.2) is 0 Å². The fourth-order valence-electron chi connectivity index (χ4n) is 2.57. The number of carbonyl (C=O) groups excluding carboxylic acids is 1. The van der Waals surface area contributed by atoms with Crippen LogP contribution in [0.25, 0.3) is 0 Å². The molecule has 2 heterocycles. The van der Waals surface area contributed by atoms with Crippen LogP contribution in [0, 0.1) is 5.92 Å². The Bertz CT molecular complexity index is 599. The Morgan fingerprint density at radius 2 is 2.24 bits per heavy atom. The second-order valence-corrected chi connectivity index (χ2v) is 6.11. The van der Waals surface area contributed by atoms with Gasteiger partial charge in [0.25, 0.3) is 11.5 Å². The van der Waals surface area contributed by atoms with E-state index < -0.39 is 5.97 Å². The number of hydrogen-bond donors (Lipinski definition) is 2. The monoisotopic (exact) mass is 356 g/mol. The molecule has 1 unspecified atom stereocenters. The molecule has 2 N–H and O–H groups in total. The number of hydrogen-bond acceptors (Lipinski definition) is 3. The molecule has 0 spiro atoms. The minimum absolute atomic E-state index is 0.132. The summed E-state index contributed by atoms with van der Waals surface area (Å²) in [5.74, 6) is -0.708. The van der Waals surface area contributed by atoms with Crippen LogP contribution in [0.5, 0.6) is 0 Å². The van der Waals surface area contributed by atoms with Gasteiger partial charge in [0.1, 0.15) is 0 Å². The zero-order chi connectivity index (χ0) is 15.4. The number of piperidine rings is 1. The van der Waals surface area contributed by atoms with Gasteiger partial charge in [-0.3, -0.25) is 14.4 Å². The van der Waals surface area contributed by atoms with Crippen LogP contribution in [0.15, 0.2) is 21.5 Å². The number of rotatable bonds is 4. The molecule has 1 aliphatic heterocycles. The fraction of sp³-hybridized carbons (Fsp3) is 0.500. The molecule has 1 fully saturated rings. The van der Waals surface area contributed by atoms with E-state index in [0.29, 0.717) is 29.5 Å². The second-order valence-electron chi connectivity index (χ2n) is 5.26. The lowest BCUT2D eigenvalue weighted by molar-refractivity contribution is -0.137. The summed E-state index contributed by atoms with van der Waals surface area (Å²) in [6, 6.07) is 1.52. The lowest BCUT2D eigenvalue weighted by atomic mass is 9.93. The van der Waals surface area contributed by atoms with Crippen LogP contribution in [0.1, 0.15) is 36.0 Å². The van der Waals surface area contributed by atoms with Gasteiger partial charge < -0.3 is 15.0 Å². The highest BCUT2D eigenvalue weighted by molar-refractivity contribution is 9.10. The minimum atomic E-state index is -0.803. The van der Waals surface area contributed by atoms with E-state index in [1.54, 1.807) is 4.90 Å². The van der Waals surface area contributed by atoms with Crippen LogP contribution in [-0.4, -0.2) is 40.0 Å². The number of halogens is 1. The first-order valence-electron chi connectivity index (χ1n) is 6.86. The largest absolute Gasteiger partial charge is 0.481 e. The molecule has 7 heteroatoms. The Labute approximate surface area is 130 Å². The number of nitrogens with zero attached hydrogens (tertiary/aromatic N) is 1. The van der Waals surface area contributed by atoms with Crippen molar-refractivity contribution in [2.75, 3.05) is 13.1 Å². The van der Waals surface area contributed by atoms with Gasteiger partial charge >= 0.3 is 5.97 Å². The molecule has 114 valence electrons. The van der Waals surface area contributed by atoms with Crippen molar-refractivity contribution < 1.29 is 14.7 Å². The van der Waals surface area contributed by atoms with E-state index in [9.17, 15) is 14.4 Å². The molecule has 6 nitrogen and oxygen atoms in total. The molecule has 0 aliphatic carbocycles. The maximum atomic E-state index is 12.4. The molecule has 21 heavy (non-hydrogen) atoms. The Morgan fingerprint density at radius 3 is 2.90 bits per heavy atom. The van der Waals surface area contributed by atoms with Crippen LogP contribution in [0.3, 0.4) is 0 Å². The number of nitrogens with one attached hydrogen (secondary N) is 1. The molecule has 0 radical (unpaired) electrons. The third-order valence-electron chi connectivity index (χ3n) is 3.68. The number of aromatic amines is 1. The van der Waals surface area contributed by atoms with E-state index in [2.05, 4.69) is 20.9 Å². The number of likely N-dealkylation sites (tertiary alicyclic amines) is 1. The number of H-pyrrole nitrogens is 1. The molecule has 1 atom stereocenters. The summed E-state index contributed by atoms with van der Waals surface area (Å²) in [4.78, 5) is 38.6. The van der Waals surface area contributed by atoms with Gasteiger partial charge in [-0.15, -0.1) is 0 Å². The number of carboxylic acids is 1. The van der Waals surface area contributed by atoms with Crippen molar-refractivity contribution in [2.24, 2.45) is 5.92 Å². The standard InChI is InChI=1S/C14H17BrN2O4/c15-11-6-10(7-16-13(11)20)14(21)17-5-1-2-9(8-17)3-4-12(18)19/h6-7,9H,1-5,8H2,(H,16,20)(H,18,19). The highest BCUT2D eigenvalue weighted by atomic mass is 79.9. The van der Waals surface area contributed by atoms with Crippen molar-refractivity contribution in [3.63, 3.8) is 0 Å². The Morgan fingerprint density at radius 1 is 1.48 bits per heavy atom. The van der Waals surface area contributed by atoms with Crippen LogP contribution < -0.4 is 5.56 Å². The SMILES string of the molecule is O=C(O)CCC1CCCN(C(=O)c2c[nH]c(=O)c(Br)c2)C1. The number of carboxylic acid groups (broad SMARTS) is 1. The van der Waals surface area contributed by atoms with E-state index in [-0.39, 0.29) is 23.8 Å². The quantitative estimate of drug-likeness (QED) is 0.861. The molecule has 0 saturated carbocycles. The van der Waals surface area contributed by atoms with Crippen molar-refractivity contribution in [3.8, 4) is 0 Å². The molecule has 2 rings (SSSR count). The van der Waals surface area contributed by atoms with Crippen molar-refractivity contribution in [1.29, 1.82) is 0 Å². The fourth-order valence-corrected chi connectivity index (χ4v) is 2.94. The lowest BCUT2D eigenvalue weighted by Crippen LogP contribution is -2.40. The molecule has 1 aromatic heterocycles. The molecule has 1 aliphatic rings. The first kappa shape index (κ1) is 15.8. The number of aliphatic carboxylic acids is 1. The maximum Gasteiger partial charge on any atom is 0.303 e. The average molecular weight is 357 g/mol. The van der Waals surface area contributed by atoms with E-state index >= 15 is 0 Å². The van der Waals surface area contributed by atoms with Gasteiger partial charge in [-0.1, -0.05) is 0 Å². The zero-order valence-electron chi connectivity index (χ0n) is 11.5. The lowest BCUT2D eigenvalue weighted by Gasteiger charge is -2.32. The summed E-state index contributed by atoms with van der Waals surface area (Å²) < 4.78 is 0.327. The highest BCUT2D eigenvalue weighted by Crippen LogP contribution is 2.22. The van der Waals surface area contributed by atoms with Gasteiger partial charge in [-0.05, 0) is 47.2 Å². The molecule has 1 amide bonds. The van der Waals surface area contributed by atoms with Crippen molar-refractivity contribution in [1.82, 2.24) is 9.88 Å². The van der Waals surface area contributed by atoms with Crippen molar-refractivity contribution in [3.05, 3.63) is 32.7 Å². The maximum absolute atomic E-state index is 12.4. The normalized spacial score (nSPS) is 18.5. The van der Waals surface area contributed by atoms with Gasteiger partial charge in [0.2, 0.25) is 0 Å². The van der Waals surface area contributed by atoms with Gasteiger partial charge in [0, 0.05) is 25.7 Å². The smallest absolute Gasteiger partial charge is 0.303 e. The first-order valence-corrected chi connectivity index (χ1v) is 7.66. The summed E-state index contributed by atoms with van der Waals surface area (Å²) >= 11 is 3.11. The summed E-state index contributed by atoms with van der Waals surface area (Å²) in [7, 11) is 0. The molecular weight excluding hydrogens is 340 g/mol. The van der Waals surface area contributed by atoms with Crippen LogP contribution in [0.4, 0.5) is 0 Å². The summed E-state index contributed by atoms with van der Waals surface area (Å²) in [6.07, 6.45) is 3.97. The van der Waals surface area contributed by atoms with Gasteiger partial charge in [0.05, 0.1) is 10.0 Å². The molecular formula is C14H17BrN2O4. The topological polar surface area (TPSA) is 90.5 Å². The summed E-state index contributed by atoms with van der Waals surface area (Å²) in [5.41, 5.74) is 0.157. The number of pyridine rings is 1. The summed E-state index contributed by atoms with van der Waals surface area (Å²) in [6.45, 7) is 1.24. The average Bonchev–Trinajstić information content (AvgIpc) is 2.47. The number of aromatic nitrogens is 1. The predicted octanol–water partition coefficient (Wildman–Crippen LogP) is 1.85. The van der Waals surface area contributed by atoms with Crippen LogP contribution in [-0.2, 0) is 4.79 Å². The minimum Gasteiger partial charge on any atom is -0.481 e. The Balaban J connectivity index is 2.02. The van der Waals surface area contributed by atoms with Crippen LogP contribution >= 0.6 is 15.9 Å². The molecule has 0 bridgehead atoms.